The molecule has 4 rings (SSSR count). The zero-order chi connectivity index (χ0) is 34.2. The standard InChI is InChI=1S/C24H40O22/c25-1-4-7(28)8(29)13(34)22(40-4)44-16-5(2-26)41-23(14(35)10(16)31)45-17-6(3-27)42-24(15(36)11(17)32)46-18-9(30)12(33)21(39)43-19(18)20(37)38/h4-19,21-36,39H,1-3H2,(H,37,38)/t4-,5-,6-,7-,8+,9-,10-,11-,12-,13-,14-,15-,16-,17+,18+,19+,21-,22+,23-,24-/m1/s1. The molecule has 0 spiro atoms. The van der Waals surface area contributed by atoms with Crippen LogP contribution in [0.5, 0.6) is 0 Å². The summed E-state index contributed by atoms with van der Waals surface area (Å²) in [4.78, 5) is 11.6. The van der Waals surface area contributed by atoms with Crippen molar-refractivity contribution in [2.24, 2.45) is 0 Å². The molecule has 14 N–H and O–H groups in total. The van der Waals surface area contributed by atoms with Crippen molar-refractivity contribution >= 4 is 5.97 Å². The molecule has 0 radical (unpaired) electrons. The van der Waals surface area contributed by atoms with Gasteiger partial charge in [0.25, 0.3) is 0 Å². The van der Waals surface area contributed by atoms with Gasteiger partial charge in [-0.2, -0.15) is 0 Å². The summed E-state index contributed by atoms with van der Waals surface area (Å²) < 4.78 is 37.1. The van der Waals surface area contributed by atoms with E-state index in [-0.39, 0.29) is 0 Å². The highest BCUT2D eigenvalue weighted by atomic mass is 16.8. The molecule has 0 aromatic carbocycles. The molecule has 0 bridgehead atoms. The second-order valence-corrected chi connectivity index (χ2v) is 11.2. The lowest BCUT2D eigenvalue weighted by atomic mass is 9.95. The van der Waals surface area contributed by atoms with Crippen LogP contribution < -0.4 is 0 Å². The van der Waals surface area contributed by atoms with E-state index in [1.807, 2.05) is 0 Å². The van der Waals surface area contributed by atoms with Crippen molar-refractivity contribution in [3.63, 3.8) is 0 Å². The third-order valence-electron chi connectivity index (χ3n) is 8.17. The normalized spacial score (nSPS) is 51.9. The summed E-state index contributed by atoms with van der Waals surface area (Å²) in [7, 11) is 0. The first-order chi connectivity index (χ1) is 21.7. The van der Waals surface area contributed by atoms with Gasteiger partial charge in [-0.25, -0.2) is 4.79 Å². The number of carboxylic acids is 1. The lowest BCUT2D eigenvalue weighted by Gasteiger charge is -2.48. The molecule has 4 aliphatic rings. The van der Waals surface area contributed by atoms with Crippen LogP contribution in [0.2, 0.25) is 0 Å². The SMILES string of the molecule is O=C(O)[C@H]1O[C@@H](O)[C@H](O)[C@@H](O)[C@@H]1O[C@H]1O[C@H](CO)[C@H](O[C@H]2O[C@H](CO)[C@@H](O[C@@H]3O[C@H](CO)[C@@H](O)[C@H](O)[C@H]3O)[C@H](O)[C@H]2O)[C@H](O)[C@H]1O. The fourth-order valence-corrected chi connectivity index (χ4v) is 5.51. The van der Waals surface area contributed by atoms with Crippen molar-refractivity contribution < 1.29 is 109 Å². The molecular formula is C24H40O22. The van der Waals surface area contributed by atoms with Crippen LogP contribution in [-0.4, -0.2) is 220 Å². The van der Waals surface area contributed by atoms with Crippen molar-refractivity contribution in [3.05, 3.63) is 0 Å². The Morgan fingerprint density at radius 2 is 0.826 bits per heavy atom. The molecule has 4 aliphatic heterocycles. The molecule has 0 amide bonds. The summed E-state index contributed by atoms with van der Waals surface area (Å²) in [6, 6.07) is 0. The Bertz CT molecular complexity index is 986. The van der Waals surface area contributed by atoms with Crippen LogP contribution in [0.25, 0.3) is 0 Å². The Morgan fingerprint density at radius 1 is 0.457 bits per heavy atom. The average Bonchev–Trinajstić information content (AvgIpc) is 3.03. The van der Waals surface area contributed by atoms with Gasteiger partial charge >= 0.3 is 5.97 Å². The van der Waals surface area contributed by atoms with Gasteiger partial charge in [-0.15, -0.1) is 0 Å². The van der Waals surface area contributed by atoms with E-state index in [2.05, 4.69) is 0 Å². The minimum atomic E-state index is -2.12. The third-order valence-corrected chi connectivity index (χ3v) is 8.17. The minimum Gasteiger partial charge on any atom is -0.479 e. The Labute approximate surface area is 258 Å². The highest BCUT2D eigenvalue weighted by molar-refractivity contribution is 5.73. The van der Waals surface area contributed by atoms with Crippen LogP contribution in [-0.2, 0) is 38.0 Å². The molecule has 20 atom stereocenters. The molecule has 4 saturated heterocycles. The van der Waals surface area contributed by atoms with Gasteiger partial charge in [-0.3, -0.25) is 0 Å². The van der Waals surface area contributed by atoms with E-state index in [0.717, 1.165) is 0 Å². The lowest BCUT2D eigenvalue weighted by molar-refractivity contribution is -0.386. The summed E-state index contributed by atoms with van der Waals surface area (Å²) in [5.41, 5.74) is 0. The summed E-state index contributed by atoms with van der Waals surface area (Å²) in [6.45, 7) is -2.69. The number of carboxylic acid groups (broad SMARTS) is 1. The van der Waals surface area contributed by atoms with Crippen molar-refractivity contribution in [2.75, 3.05) is 19.8 Å². The number of aliphatic carboxylic acids is 1. The van der Waals surface area contributed by atoms with Gasteiger partial charge < -0.3 is 105 Å². The average molecular weight is 681 g/mol. The second kappa shape index (κ2) is 15.5. The minimum absolute atomic E-state index is 0.799. The number of aliphatic hydroxyl groups excluding tert-OH is 13. The van der Waals surface area contributed by atoms with Gasteiger partial charge in [-0.05, 0) is 0 Å². The molecule has 46 heavy (non-hydrogen) atoms. The van der Waals surface area contributed by atoms with Gasteiger partial charge in [0.15, 0.2) is 31.3 Å². The fourth-order valence-electron chi connectivity index (χ4n) is 5.51. The van der Waals surface area contributed by atoms with E-state index in [1.165, 1.54) is 0 Å². The van der Waals surface area contributed by atoms with Crippen molar-refractivity contribution in [1.82, 2.24) is 0 Å². The third kappa shape index (κ3) is 7.31. The van der Waals surface area contributed by atoms with E-state index >= 15 is 0 Å². The summed E-state index contributed by atoms with van der Waals surface area (Å²) in [5, 5.41) is 142. The van der Waals surface area contributed by atoms with Gasteiger partial charge in [0.2, 0.25) is 0 Å². The van der Waals surface area contributed by atoms with Crippen molar-refractivity contribution in [3.8, 4) is 0 Å². The number of ether oxygens (including phenoxy) is 7. The number of aliphatic hydroxyl groups is 13. The molecule has 268 valence electrons. The molecule has 4 heterocycles. The van der Waals surface area contributed by atoms with Gasteiger partial charge in [0.05, 0.1) is 19.8 Å². The van der Waals surface area contributed by atoms with Gasteiger partial charge in [0, 0.05) is 0 Å². The van der Waals surface area contributed by atoms with Gasteiger partial charge in [0.1, 0.15) is 91.6 Å². The fraction of sp³-hybridized carbons (Fsp3) is 0.958. The molecule has 22 heteroatoms. The molecule has 0 aliphatic carbocycles. The van der Waals surface area contributed by atoms with Crippen LogP contribution >= 0.6 is 0 Å². The van der Waals surface area contributed by atoms with Crippen LogP contribution in [0, 0.1) is 0 Å². The molecule has 0 saturated carbocycles. The first kappa shape index (κ1) is 37.5. The monoisotopic (exact) mass is 680 g/mol. The van der Waals surface area contributed by atoms with E-state index < -0.39 is 149 Å². The largest absolute Gasteiger partial charge is 0.479 e. The Morgan fingerprint density at radius 3 is 1.24 bits per heavy atom. The Kier molecular flexibility index (Phi) is 12.6. The lowest BCUT2D eigenvalue weighted by Crippen LogP contribution is -2.67. The zero-order valence-electron chi connectivity index (χ0n) is 23.7. The topological polar surface area (TPSA) is 365 Å². The maximum atomic E-state index is 11.6. The first-order valence-electron chi connectivity index (χ1n) is 14.1. The van der Waals surface area contributed by atoms with Crippen molar-refractivity contribution in [1.29, 1.82) is 0 Å². The van der Waals surface area contributed by atoms with Crippen molar-refractivity contribution in [2.45, 2.75) is 123 Å². The second-order valence-electron chi connectivity index (χ2n) is 11.2. The Hall–Kier alpha value is -1.33. The highest BCUT2D eigenvalue weighted by Crippen LogP contribution is 2.34. The van der Waals surface area contributed by atoms with E-state index in [9.17, 15) is 76.3 Å². The summed E-state index contributed by atoms with van der Waals surface area (Å²) in [5.74, 6) is -1.74. The molecule has 0 unspecified atom stereocenters. The number of rotatable bonds is 10. The number of hydrogen-bond acceptors (Lipinski definition) is 21. The predicted octanol–water partition coefficient (Wildman–Crippen LogP) is -9.66. The van der Waals surface area contributed by atoms with E-state index in [0.29, 0.717) is 0 Å². The molecular weight excluding hydrogens is 640 g/mol. The summed E-state index contributed by atoms with van der Waals surface area (Å²) in [6.07, 6.45) is -37.8. The quantitative estimate of drug-likeness (QED) is 0.102. The molecule has 4 fully saturated rings. The highest BCUT2D eigenvalue weighted by Gasteiger charge is 2.55. The van der Waals surface area contributed by atoms with Gasteiger partial charge in [-0.1, -0.05) is 0 Å². The first-order valence-corrected chi connectivity index (χ1v) is 14.1. The molecule has 0 aromatic rings. The summed E-state index contributed by atoms with van der Waals surface area (Å²) >= 11 is 0. The van der Waals surface area contributed by atoms with E-state index in [1.54, 1.807) is 0 Å². The number of hydrogen-bond donors (Lipinski definition) is 14. The van der Waals surface area contributed by atoms with Crippen LogP contribution in [0.3, 0.4) is 0 Å². The van der Waals surface area contributed by atoms with E-state index in [4.69, 9.17) is 33.2 Å². The maximum absolute atomic E-state index is 11.6. The smallest absolute Gasteiger partial charge is 0.335 e. The zero-order valence-corrected chi connectivity index (χ0v) is 23.7. The predicted molar refractivity (Wildman–Crippen MR) is 134 cm³/mol. The number of carbonyl (C=O) groups is 1. The van der Waals surface area contributed by atoms with Crippen LogP contribution in [0.1, 0.15) is 0 Å². The van der Waals surface area contributed by atoms with Crippen LogP contribution in [0.4, 0.5) is 0 Å². The maximum Gasteiger partial charge on any atom is 0.335 e. The molecule has 0 aromatic heterocycles. The molecule has 22 nitrogen and oxygen atoms in total. The Balaban J connectivity index is 1.44. The van der Waals surface area contributed by atoms with Crippen LogP contribution in [0.15, 0.2) is 0 Å².